The standard InChI is InChI=1S/C17H26N2O4/c1-12(23-15(20)11-13-7-5-6-8-13)16(21)19-17(22)18-14-9-3-2-4-10-14/h5,7,12-14H,2-4,6,8-11H2,1H3,(H2,18,19,21,22)/t12-,13+/m1/s1. The second-order valence-corrected chi connectivity index (χ2v) is 6.40. The Morgan fingerprint density at radius 2 is 1.91 bits per heavy atom. The van der Waals surface area contributed by atoms with Gasteiger partial charge in [-0.25, -0.2) is 4.79 Å². The third kappa shape index (κ3) is 6.04. The van der Waals surface area contributed by atoms with E-state index in [9.17, 15) is 14.4 Å². The van der Waals surface area contributed by atoms with Crippen molar-refractivity contribution in [2.45, 2.75) is 70.4 Å². The lowest BCUT2D eigenvalue weighted by Gasteiger charge is -2.23. The number of hydrogen-bond acceptors (Lipinski definition) is 4. The van der Waals surface area contributed by atoms with Crippen LogP contribution in [-0.2, 0) is 14.3 Å². The summed E-state index contributed by atoms with van der Waals surface area (Å²) in [6.45, 7) is 1.48. The first-order valence-corrected chi connectivity index (χ1v) is 8.52. The van der Waals surface area contributed by atoms with Crippen molar-refractivity contribution >= 4 is 17.9 Å². The van der Waals surface area contributed by atoms with Crippen molar-refractivity contribution in [2.75, 3.05) is 0 Å². The van der Waals surface area contributed by atoms with Gasteiger partial charge in [0.1, 0.15) is 0 Å². The van der Waals surface area contributed by atoms with Crippen LogP contribution in [-0.4, -0.2) is 30.1 Å². The quantitative estimate of drug-likeness (QED) is 0.601. The molecule has 23 heavy (non-hydrogen) atoms. The normalized spacial score (nSPS) is 22.4. The van der Waals surface area contributed by atoms with Gasteiger partial charge in [0.25, 0.3) is 5.91 Å². The number of allylic oxidation sites excluding steroid dienone is 2. The van der Waals surface area contributed by atoms with Crippen LogP contribution in [0.15, 0.2) is 12.2 Å². The van der Waals surface area contributed by atoms with E-state index in [-0.39, 0.29) is 18.4 Å². The third-order valence-electron chi connectivity index (χ3n) is 4.40. The summed E-state index contributed by atoms with van der Waals surface area (Å²) >= 11 is 0. The fraction of sp³-hybridized carbons (Fsp3) is 0.706. The molecule has 6 heteroatoms. The minimum absolute atomic E-state index is 0.128. The summed E-state index contributed by atoms with van der Waals surface area (Å²) in [6, 6.07) is -0.382. The first-order valence-electron chi connectivity index (χ1n) is 8.52. The zero-order valence-corrected chi connectivity index (χ0v) is 13.7. The molecule has 0 aliphatic heterocycles. The molecule has 2 aliphatic rings. The maximum absolute atomic E-state index is 11.9. The summed E-state index contributed by atoms with van der Waals surface area (Å²) in [4.78, 5) is 35.5. The van der Waals surface area contributed by atoms with Gasteiger partial charge in [-0.2, -0.15) is 0 Å². The minimum atomic E-state index is -0.968. The molecule has 6 nitrogen and oxygen atoms in total. The molecule has 2 atom stereocenters. The average Bonchev–Trinajstić information content (AvgIpc) is 3.00. The van der Waals surface area contributed by atoms with Crippen molar-refractivity contribution in [2.24, 2.45) is 5.92 Å². The van der Waals surface area contributed by atoms with Crippen LogP contribution in [0.2, 0.25) is 0 Å². The molecule has 0 saturated heterocycles. The van der Waals surface area contributed by atoms with Gasteiger partial charge in [0.2, 0.25) is 0 Å². The molecular formula is C17H26N2O4. The number of amides is 3. The van der Waals surface area contributed by atoms with Crippen molar-refractivity contribution in [3.05, 3.63) is 12.2 Å². The second-order valence-electron chi connectivity index (χ2n) is 6.40. The molecule has 1 saturated carbocycles. The van der Waals surface area contributed by atoms with Gasteiger partial charge in [0, 0.05) is 6.04 Å². The first-order chi connectivity index (χ1) is 11.0. The molecule has 2 N–H and O–H groups in total. The van der Waals surface area contributed by atoms with Crippen molar-refractivity contribution in [3.63, 3.8) is 0 Å². The van der Waals surface area contributed by atoms with E-state index in [4.69, 9.17) is 4.74 Å². The van der Waals surface area contributed by atoms with E-state index in [1.54, 1.807) is 0 Å². The van der Waals surface area contributed by atoms with Crippen LogP contribution in [0, 0.1) is 5.92 Å². The number of carbonyl (C=O) groups is 3. The average molecular weight is 322 g/mol. The lowest BCUT2D eigenvalue weighted by Crippen LogP contribution is -2.48. The number of rotatable bonds is 5. The number of ether oxygens (including phenoxy) is 1. The maximum atomic E-state index is 11.9. The molecule has 0 aromatic carbocycles. The number of imide groups is 1. The van der Waals surface area contributed by atoms with Gasteiger partial charge in [0.05, 0.1) is 6.42 Å². The smallest absolute Gasteiger partial charge is 0.321 e. The van der Waals surface area contributed by atoms with E-state index < -0.39 is 24.0 Å². The van der Waals surface area contributed by atoms with E-state index >= 15 is 0 Å². The molecule has 0 aromatic rings. The number of esters is 1. The zero-order chi connectivity index (χ0) is 16.7. The van der Waals surface area contributed by atoms with Crippen molar-refractivity contribution < 1.29 is 19.1 Å². The van der Waals surface area contributed by atoms with Gasteiger partial charge in [0.15, 0.2) is 6.10 Å². The summed E-state index contributed by atoms with van der Waals surface area (Å²) in [5, 5.41) is 5.04. The number of carbonyl (C=O) groups excluding carboxylic acids is 3. The highest BCUT2D eigenvalue weighted by atomic mass is 16.5. The third-order valence-corrected chi connectivity index (χ3v) is 4.40. The van der Waals surface area contributed by atoms with Crippen molar-refractivity contribution in [1.29, 1.82) is 0 Å². The van der Waals surface area contributed by atoms with Gasteiger partial charge in [-0.05, 0) is 38.5 Å². The summed E-state index contributed by atoms with van der Waals surface area (Å²) in [6.07, 6.45) is 10.6. The van der Waals surface area contributed by atoms with Crippen molar-refractivity contribution in [3.8, 4) is 0 Å². The Hall–Kier alpha value is -1.85. The molecule has 3 amide bonds. The Morgan fingerprint density at radius 3 is 2.57 bits per heavy atom. The SMILES string of the molecule is C[C@@H](OC(=O)C[C@H]1C=CCC1)C(=O)NC(=O)NC1CCCCC1. The summed E-state index contributed by atoms with van der Waals surface area (Å²) in [5.74, 6) is -0.794. The molecule has 2 rings (SSSR count). The zero-order valence-electron chi connectivity index (χ0n) is 13.7. The van der Waals surface area contributed by atoms with Gasteiger partial charge in [-0.15, -0.1) is 0 Å². The number of nitrogens with one attached hydrogen (secondary N) is 2. The van der Waals surface area contributed by atoms with Gasteiger partial charge >= 0.3 is 12.0 Å². The van der Waals surface area contributed by atoms with Crippen LogP contribution in [0.1, 0.15) is 58.3 Å². The highest BCUT2D eigenvalue weighted by Crippen LogP contribution is 2.21. The van der Waals surface area contributed by atoms with E-state index in [2.05, 4.69) is 10.6 Å². The van der Waals surface area contributed by atoms with Crippen LogP contribution < -0.4 is 10.6 Å². The summed E-state index contributed by atoms with van der Waals surface area (Å²) in [5.41, 5.74) is 0. The van der Waals surface area contributed by atoms with Crippen LogP contribution in [0.3, 0.4) is 0 Å². The Morgan fingerprint density at radius 1 is 1.17 bits per heavy atom. The Balaban J connectivity index is 1.67. The van der Waals surface area contributed by atoms with E-state index in [1.807, 2.05) is 12.2 Å². The van der Waals surface area contributed by atoms with Crippen LogP contribution in [0.4, 0.5) is 4.79 Å². The maximum Gasteiger partial charge on any atom is 0.321 e. The second kappa shape index (κ2) is 8.70. The van der Waals surface area contributed by atoms with E-state index in [1.165, 1.54) is 13.3 Å². The molecule has 0 spiro atoms. The Bertz CT molecular complexity index is 469. The Kier molecular flexibility index (Phi) is 6.62. The molecular weight excluding hydrogens is 296 g/mol. The van der Waals surface area contributed by atoms with Gasteiger partial charge in [-0.3, -0.25) is 14.9 Å². The molecule has 0 heterocycles. The number of hydrogen-bond donors (Lipinski definition) is 2. The molecule has 128 valence electrons. The number of urea groups is 1. The van der Waals surface area contributed by atoms with E-state index in [0.29, 0.717) is 0 Å². The molecule has 2 aliphatic carbocycles. The fourth-order valence-corrected chi connectivity index (χ4v) is 3.06. The first kappa shape index (κ1) is 17.5. The lowest BCUT2D eigenvalue weighted by atomic mass is 9.96. The van der Waals surface area contributed by atoms with Crippen LogP contribution >= 0.6 is 0 Å². The van der Waals surface area contributed by atoms with E-state index in [0.717, 1.165) is 38.5 Å². The minimum Gasteiger partial charge on any atom is -0.453 e. The van der Waals surface area contributed by atoms with Crippen LogP contribution in [0.25, 0.3) is 0 Å². The van der Waals surface area contributed by atoms with Crippen LogP contribution in [0.5, 0.6) is 0 Å². The molecule has 0 bridgehead atoms. The van der Waals surface area contributed by atoms with Gasteiger partial charge in [-0.1, -0.05) is 31.4 Å². The largest absolute Gasteiger partial charge is 0.453 e. The lowest BCUT2D eigenvalue weighted by molar-refractivity contribution is -0.155. The highest BCUT2D eigenvalue weighted by molar-refractivity contribution is 5.97. The van der Waals surface area contributed by atoms with Gasteiger partial charge < -0.3 is 10.1 Å². The monoisotopic (exact) mass is 322 g/mol. The summed E-state index contributed by atoms with van der Waals surface area (Å²) in [7, 11) is 0. The molecule has 0 unspecified atom stereocenters. The highest BCUT2D eigenvalue weighted by Gasteiger charge is 2.23. The fourth-order valence-electron chi connectivity index (χ4n) is 3.06. The summed E-state index contributed by atoms with van der Waals surface area (Å²) < 4.78 is 5.10. The predicted octanol–water partition coefficient (Wildman–Crippen LogP) is 2.43. The topological polar surface area (TPSA) is 84.5 Å². The molecule has 1 fully saturated rings. The van der Waals surface area contributed by atoms with Crippen molar-refractivity contribution in [1.82, 2.24) is 10.6 Å². The Labute approximate surface area is 137 Å². The predicted molar refractivity (Wildman–Crippen MR) is 85.6 cm³/mol. The molecule has 0 radical (unpaired) electrons. The molecule has 0 aromatic heterocycles.